The van der Waals surface area contributed by atoms with Crippen LogP contribution in [0, 0.1) is 28.8 Å². The Balaban J connectivity index is 1.82. The molecule has 3 rings (SSSR count). The molecule has 5 nitrogen and oxygen atoms in total. The SMILES string of the molecule is CSc1nc(-c2ccc(COc3cc(F)c(F)c(F)c3)cc2)c(C#N)c(=O)[nH]1. The summed E-state index contributed by atoms with van der Waals surface area (Å²) in [4.78, 5) is 18.8. The number of benzene rings is 2. The van der Waals surface area contributed by atoms with E-state index in [9.17, 15) is 23.2 Å². The molecule has 142 valence electrons. The molecule has 0 saturated heterocycles. The highest BCUT2D eigenvalue weighted by atomic mass is 32.2. The number of ether oxygens (including phenoxy) is 1. The van der Waals surface area contributed by atoms with Gasteiger partial charge < -0.3 is 9.72 Å². The quantitative estimate of drug-likeness (QED) is 0.395. The zero-order valence-corrected chi connectivity index (χ0v) is 15.2. The highest BCUT2D eigenvalue weighted by Crippen LogP contribution is 2.23. The van der Waals surface area contributed by atoms with Crippen LogP contribution >= 0.6 is 11.8 Å². The highest BCUT2D eigenvalue weighted by molar-refractivity contribution is 7.98. The van der Waals surface area contributed by atoms with E-state index < -0.39 is 23.0 Å². The Morgan fingerprint density at radius 1 is 1.18 bits per heavy atom. The molecule has 0 aliphatic carbocycles. The minimum Gasteiger partial charge on any atom is -0.489 e. The van der Waals surface area contributed by atoms with Gasteiger partial charge in [0, 0.05) is 17.7 Å². The van der Waals surface area contributed by atoms with Crippen molar-refractivity contribution in [3.8, 4) is 23.1 Å². The molecular formula is C19H12F3N3O2S. The van der Waals surface area contributed by atoms with Crippen LogP contribution < -0.4 is 10.3 Å². The van der Waals surface area contributed by atoms with E-state index in [0.717, 1.165) is 12.1 Å². The Kier molecular flexibility index (Phi) is 5.70. The highest BCUT2D eigenvalue weighted by Gasteiger charge is 2.14. The van der Waals surface area contributed by atoms with Crippen LogP contribution in [0.25, 0.3) is 11.3 Å². The summed E-state index contributed by atoms with van der Waals surface area (Å²) in [6.45, 7) is -0.0191. The van der Waals surface area contributed by atoms with Crippen molar-refractivity contribution in [3.63, 3.8) is 0 Å². The van der Waals surface area contributed by atoms with Crippen molar-refractivity contribution in [2.24, 2.45) is 0 Å². The van der Waals surface area contributed by atoms with Crippen LogP contribution in [-0.4, -0.2) is 16.2 Å². The molecule has 0 unspecified atom stereocenters. The molecule has 1 heterocycles. The first-order valence-electron chi connectivity index (χ1n) is 7.88. The second-order valence-corrected chi connectivity index (χ2v) is 6.39. The lowest BCUT2D eigenvalue weighted by molar-refractivity contribution is 0.299. The number of nitrogens with one attached hydrogen (secondary N) is 1. The van der Waals surface area contributed by atoms with E-state index in [1.54, 1.807) is 30.5 Å². The maximum Gasteiger partial charge on any atom is 0.270 e. The molecule has 0 radical (unpaired) electrons. The summed E-state index contributed by atoms with van der Waals surface area (Å²) < 4.78 is 44.7. The molecular weight excluding hydrogens is 391 g/mol. The predicted molar refractivity (Wildman–Crippen MR) is 97.4 cm³/mol. The number of hydrogen-bond donors (Lipinski definition) is 1. The molecule has 0 atom stereocenters. The lowest BCUT2D eigenvalue weighted by Crippen LogP contribution is -2.14. The second kappa shape index (κ2) is 8.19. The molecule has 2 aromatic carbocycles. The second-order valence-electron chi connectivity index (χ2n) is 5.60. The summed E-state index contributed by atoms with van der Waals surface area (Å²) >= 11 is 1.24. The van der Waals surface area contributed by atoms with Gasteiger partial charge in [-0.2, -0.15) is 5.26 Å². The molecule has 1 aromatic heterocycles. The lowest BCUT2D eigenvalue weighted by atomic mass is 10.1. The number of thioether (sulfide) groups is 1. The van der Waals surface area contributed by atoms with Crippen LogP contribution in [0.4, 0.5) is 13.2 Å². The van der Waals surface area contributed by atoms with E-state index in [0.29, 0.717) is 16.3 Å². The van der Waals surface area contributed by atoms with E-state index in [1.807, 2.05) is 6.07 Å². The first kappa shape index (κ1) is 19.5. The molecule has 0 bridgehead atoms. The Bertz CT molecular complexity index is 1100. The van der Waals surface area contributed by atoms with Crippen LogP contribution in [0.15, 0.2) is 46.3 Å². The molecule has 0 saturated carbocycles. The predicted octanol–water partition coefficient (Wildman–Crippen LogP) is 4.03. The average Bonchev–Trinajstić information content (AvgIpc) is 2.70. The molecule has 28 heavy (non-hydrogen) atoms. The fourth-order valence-electron chi connectivity index (χ4n) is 2.40. The van der Waals surface area contributed by atoms with Crippen molar-refractivity contribution in [2.75, 3.05) is 6.26 Å². The van der Waals surface area contributed by atoms with Crippen molar-refractivity contribution in [3.05, 3.63) is 75.3 Å². The third-order valence-electron chi connectivity index (χ3n) is 3.79. The first-order chi connectivity index (χ1) is 13.4. The molecule has 0 spiro atoms. The Morgan fingerprint density at radius 2 is 1.82 bits per heavy atom. The lowest BCUT2D eigenvalue weighted by Gasteiger charge is -2.09. The van der Waals surface area contributed by atoms with E-state index in [1.165, 1.54) is 11.8 Å². The van der Waals surface area contributed by atoms with Gasteiger partial charge in [0.15, 0.2) is 22.6 Å². The Hall–Kier alpha value is -3.25. The molecule has 9 heteroatoms. The summed E-state index contributed by atoms with van der Waals surface area (Å²) in [5.74, 6) is -4.37. The fraction of sp³-hybridized carbons (Fsp3) is 0.105. The van der Waals surface area contributed by atoms with Gasteiger partial charge in [-0.25, -0.2) is 18.2 Å². The minimum atomic E-state index is -1.56. The summed E-state index contributed by atoms with van der Waals surface area (Å²) in [6.07, 6.45) is 1.75. The average molecular weight is 403 g/mol. The molecule has 0 fully saturated rings. The summed E-state index contributed by atoms with van der Waals surface area (Å²) in [5, 5.41) is 9.61. The van der Waals surface area contributed by atoms with Gasteiger partial charge in [-0.1, -0.05) is 36.0 Å². The molecule has 0 aliphatic rings. The molecule has 0 amide bonds. The van der Waals surface area contributed by atoms with Crippen molar-refractivity contribution < 1.29 is 17.9 Å². The summed E-state index contributed by atoms with van der Waals surface area (Å²) in [5.41, 5.74) is 0.845. The smallest absolute Gasteiger partial charge is 0.270 e. The Morgan fingerprint density at radius 3 is 2.39 bits per heavy atom. The zero-order valence-electron chi connectivity index (χ0n) is 14.4. The van der Waals surface area contributed by atoms with Gasteiger partial charge in [-0.3, -0.25) is 4.79 Å². The maximum atomic E-state index is 13.2. The van der Waals surface area contributed by atoms with Gasteiger partial charge >= 0.3 is 0 Å². The van der Waals surface area contributed by atoms with Crippen molar-refractivity contribution in [2.45, 2.75) is 11.8 Å². The number of halogens is 3. The van der Waals surface area contributed by atoms with Crippen molar-refractivity contribution in [1.29, 1.82) is 5.26 Å². The number of aromatic amines is 1. The van der Waals surface area contributed by atoms with Crippen molar-refractivity contribution in [1.82, 2.24) is 9.97 Å². The monoisotopic (exact) mass is 403 g/mol. The molecule has 3 aromatic rings. The third kappa shape index (κ3) is 4.02. The van der Waals surface area contributed by atoms with E-state index in [4.69, 9.17) is 4.74 Å². The largest absolute Gasteiger partial charge is 0.489 e. The number of H-pyrrole nitrogens is 1. The van der Waals surface area contributed by atoms with Gasteiger partial charge in [-0.15, -0.1) is 0 Å². The van der Waals surface area contributed by atoms with Gasteiger partial charge in [0.05, 0.1) is 5.69 Å². The Labute approximate surface area is 161 Å². The molecule has 0 aliphatic heterocycles. The third-order valence-corrected chi connectivity index (χ3v) is 4.37. The number of rotatable bonds is 5. The topological polar surface area (TPSA) is 78.8 Å². The molecule has 1 N–H and O–H groups in total. The number of nitriles is 1. The van der Waals surface area contributed by atoms with Gasteiger partial charge in [0.1, 0.15) is 24.0 Å². The minimum absolute atomic E-state index is 0.0191. The van der Waals surface area contributed by atoms with Crippen LogP contribution in [-0.2, 0) is 6.61 Å². The fourth-order valence-corrected chi connectivity index (χ4v) is 2.78. The number of hydrogen-bond acceptors (Lipinski definition) is 5. The van der Waals surface area contributed by atoms with E-state index >= 15 is 0 Å². The number of nitrogens with zero attached hydrogens (tertiary/aromatic N) is 2. The van der Waals surface area contributed by atoms with Crippen LogP contribution in [0.2, 0.25) is 0 Å². The number of aromatic nitrogens is 2. The van der Waals surface area contributed by atoms with Crippen LogP contribution in [0.5, 0.6) is 5.75 Å². The standard InChI is InChI=1S/C19H12F3N3O2S/c1-28-19-24-17(13(8-23)18(26)25-19)11-4-2-10(3-5-11)9-27-12-6-14(20)16(22)15(21)7-12/h2-7H,9H2,1H3,(H,24,25,26). The normalized spacial score (nSPS) is 10.5. The van der Waals surface area contributed by atoms with Gasteiger partial charge in [-0.05, 0) is 11.8 Å². The summed E-state index contributed by atoms with van der Waals surface area (Å²) in [6, 6.07) is 9.99. The van der Waals surface area contributed by atoms with Gasteiger partial charge in [0.25, 0.3) is 5.56 Å². The van der Waals surface area contributed by atoms with Gasteiger partial charge in [0.2, 0.25) is 0 Å². The first-order valence-corrected chi connectivity index (χ1v) is 9.10. The maximum absolute atomic E-state index is 13.2. The van der Waals surface area contributed by atoms with E-state index in [-0.39, 0.29) is 23.6 Å². The zero-order chi connectivity index (χ0) is 20.3. The van der Waals surface area contributed by atoms with Crippen molar-refractivity contribution >= 4 is 11.8 Å². The van der Waals surface area contributed by atoms with Crippen LogP contribution in [0.1, 0.15) is 11.1 Å². The van der Waals surface area contributed by atoms with Crippen LogP contribution in [0.3, 0.4) is 0 Å². The van der Waals surface area contributed by atoms with E-state index in [2.05, 4.69) is 9.97 Å². The summed E-state index contributed by atoms with van der Waals surface area (Å²) in [7, 11) is 0.